The van der Waals surface area contributed by atoms with Crippen LogP contribution in [0.2, 0.25) is 0 Å². The van der Waals surface area contributed by atoms with Gasteiger partial charge in [-0.1, -0.05) is 12.1 Å². The Morgan fingerprint density at radius 3 is 2.53 bits per heavy atom. The van der Waals surface area contributed by atoms with Crippen molar-refractivity contribution < 1.29 is 22.7 Å². The second-order valence-corrected chi connectivity index (χ2v) is 4.40. The van der Waals surface area contributed by atoms with Gasteiger partial charge in [0.2, 0.25) is 0 Å². The van der Waals surface area contributed by atoms with Gasteiger partial charge in [-0.3, -0.25) is 4.79 Å². The van der Waals surface area contributed by atoms with Gasteiger partial charge in [0.1, 0.15) is 11.5 Å². The minimum Gasteiger partial charge on any atom is -0.406 e. The predicted octanol–water partition coefficient (Wildman–Crippen LogP) is 3.35. The van der Waals surface area contributed by atoms with E-state index in [2.05, 4.69) is 4.74 Å². The van der Waals surface area contributed by atoms with Gasteiger partial charge in [-0.2, -0.15) is 5.26 Å². The molecular weight excluding hydrogens is 259 g/mol. The summed E-state index contributed by atoms with van der Waals surface area (Å²) in [6.07, 6.45) is -4.86. The molecule has 1 rings (SSSR count). The molecule has 0 amide bonds. The summed E-state index contributed by atoms with van der Waals surface area (Å²) < 4.78 is 40.2. The SMILES string of the molecule is CC(=O)CC(C)(C#N)c1cccc(OC(F)(F)F)c1. The lowest BCUT2D eigenvalue weighted by atomic mass is 9.80. The first-order valence-corrected chi connectivity index (χ1v) is 5.43. The van der Waals surface area contributed by atoms with Gasteiger partial charge < -0.3 is 4.74 Å². The molecule has 3 nitrogen and oxygen atoms in total. The van der Waals surface area contributed by atoms with E-state index >= 15 is 0 Å². The highest BCUT2D eigenvalue weighted by Crippen LogP contribution is 2.31. The molecule has 0 fully saturated rings. The van der Waals surface area contributed by atoms with Gasteiger partial charge >= 0.3 is 6.36 Å². The molecule has 6 heteroatoms. The quantitative estimate of drug-likeness (QED) is 0.843. The molecule has 0 heterocycles. The number of Topliss-reactive ketones (excluding diaryl/α,β-unsaturated/α-hetero) is 1. The smallest absolute Gasteiger partial charge is 0.406 e. The van der Waals surface area contributed by atoms with E-state index in [4.69, 9.17) is 5.26 Å². The summed E-state index contributed by atoms with van der Waals surface area (Å²) in [6.45, 7) is 2.83. The first-order valence-electron chi connectivity index (χ1n) is 5.43. The van der Waals surface area contributed by atoms with Crippen LogP contribution in [0.5, 0.6) is 5.75 Å². The van der Waals surface area contributed by atoms with Crippen LogP contribution in [-0.2, 0) is 10.2 Å². The zero-order chi connectivity index (χ0) is 14.7. The Balaban J connectivity index is 3.10. The number of nitriles is 1. The molecule has 0 aliphatic carbocycles. The first kappa shape index (κ1) is 15.0. The maximum atomic E-state index is 12.1. The second kappa shape index (κ2) is 5.31. The molecule has 0 bridgehead atoms. The van der Waals surface area contributed by atoms with Gasteiger partial charge in [-0.15, -0.1) is 13.2 Å². The Bertz CT molecular complexity index is 519. The topological polar surface area (TPSA) is 50.1 Å². The molecule has 102 valence electrons. The summed E-state index contributed by atoms with van der Waals surface area (Å²) in [5.74, 6) is -0.624. The summed E-state index contributed by atoms with van der Waals surface area (Å²) in [4.78, 5) is 11.1. The van der Waals surface area contributed by atoms with E-state index in [0.717, 1.165) is 12.1 Å². The van der Waals surface area contributed by atoms with Gasteiger partial charge in [0.25, 0.3) is 0 Å². The lowest BCUT2D eigenvalue weighted by Gasteiger charge is -2.21. The molecule has 0 aliphatic heterocycles. The van der Waals surface area contributed by atoms with Crippen LogP contribution >= 0.6 is 0 Å². The third-order valence-corrected chi connectivity index (χ3v) is 2.55. The van der Waals surface area contributed by atoms with Crippen molar-refractivity contribution in [2.24, 2.45) is 0 Å². The van der Waals surface area contributed by atoms with Crippen molar-refractivity contribution in [3.05, 3.63) is 29.8 Å². The summed E-state index contributed by atoms with van der Waals surface area (Å²) in [5.41, 5.74) is -0.858. The standard InChI is InChI=1S/C13H12F3NO2/c1-9(18)7-12(2,8-17)10-4-3-5-11(6-10)19-13(14,15)16/h3-6H,7H2,1-2H3. The molecule has 1 unspecified atom stereocenters. The van der Waals surface area contributed by atoms with Crippen molar-refractivity contribution in [1.82, 2.24) is 0 Å². The number of hydrogen-bond acceptors (Lipinski definition) is 3. The number of ether oxygens (including phenoxy) is 1. The van der Waals surface area contributed by atoms with E-state index in [0.29, 0.717) is 5.56 Å². The zero-order valence-corrected chi connectivity index (χ0v) is 10.4. The van der Waals surface area contributed by atoms with Crippen molar-refractivity contribution in [2.75, 3.05) is 0 Å². The number of carbonyl (C=O) groups is 1. The van der Waals surface area contributed by atoms with Gasteiger partial charge in [0.05, 0.1) is 11.5 Å². The number of benzene rings is 1. The fourth-order valence-corrected chi connectivity index (χ4v) is 1.74. The Hall–Kier alpha value is -2.03. The fraction of sp³-hybridized carbons (Fsp3) is 0.385. The Labute approximate surface area is 108 Å². The highest BCUT2D eigenvalue weighted by Gasteiger charge is 2.33. The molecule has 0 saturated heterocycles. The third-order valence-electron chi connectivity index (χ3n) is 2.55. The zero-order valence-electron chi connectivity index (χ0n) is 10.4. The van der Waals surface area contributed by atoms with Crippen molar-refractivity contribution in [3.63, 3.8) is 0 Å². The molecule has 0 saturated carbocycles. The molecule has 19 heavy (non-hydrogen) atoms. The van der Waals surface area contributed by atoms with E-state index < -0.39 is 17.5 Å². The third kappa shape index (κ3) is 4.28. The maximum Gasteiger partial charge on any atom is 0.573 e. The number of ketones is 1. The second-order valence-electron chi connectivity index (χ2n) is 4.40. The monoisotopic (exact) mass is 271 g/mol. The van der Waals surface area contributed by atoms with Crippen LogP contribution in [0.1, 0.15) is 25.8 Å². The molecule has 0 aliphatic rings. The van der Waals surface area contributed by atoms with Crippen molar-refractivity contribution in [3.8, 4) is 11.8 Å². The minimum atomic E-state index is -4.79. The largest absolute Gasteiger partial charge is 0.573 e. The number of halogens is 3. The average molecular weight is 271 g/mol. The van der Waals surface area contributed by atoms with Crippen LogP contribution in [0.3, 0.4) is 0 Å². The van der Waals surface area contributed by atoms with E-state index in [-0.39, 0.29) is 12.2 Å². The van der Waals surface area contributed by atoms with Crippen molar-refractivity contribution in [2.45, 2.75) is 32.0 Å². The Morgan fingerprint density at radius 1 is 1.42 bits per heavy atom. The number of alkyl halides is 3. The molecular formula is C13H12F3NO2. The number of nitrogens with zero attached hydrogens (tertiary/aromatic N) is 1. The molecule has 1 atom stereocenters. The van der Waals surface area contributed by atoms with Gasteiger partial charge in [0, 0.05) is 6.42 Å². The lowest BCUT2D eigenvalue weighted by Crippen LogP contribution is -2.23. The molecule has 0 aromatic heterocycles. The molecule has 0 radical (unpaired) electrons. The van der Waals surface area contributed by atoms with Crippen LogP contribution in [0.15, 0.2) is 24.3 Å². The summed E-state index contributed by atoms with van der Waals surface area (Å²) in [7, 11) is 0. The van der Waals surface area contributed by atoms with Crippen LogP contribution < -0.4 is 4.74 Å². The van der Waals surface area contributed by atoms with Crippen molar-refractivity contribution in [1.29, 1.82) is 5.26 Å². The van der Waals surface area contributed by atoms with E-state index in [9.17, 15) is 18.0 Å². The van der Waals surface area contributed by atoms with Gasteiger partial charge in [-0.05, 0) is 31.5 Å². The summed E-state index contributed by atoms with van der Waals surface area (Å²) in [6, 6.07) is 7.07. The van der Waals surface area contributed by atoms with Crippen LogP contribution in [0.25, 0.3) is 0 Å². The molecule has 0 spiro atoms. The number of hydrogen-bond donors (Lipinski definition) is 0. The summed E-state index contributed by atoms with van der Waals surface area (Å²) >= 11 is 0. The Morgan fingerprint density at radius 2 is 2.05 bits per heavy atom. The van der Waals surface area contributed by atoms with E-state index in [1.807, 2.05) is 6.07 Å². The molecule has 0 N–H and O–H groups in total. The van der Waals surface area contributed by atoms with Crippen LogP contribution in [0, 0.1) is 11.3 Å². The predicted molar refractivity (Wildman–Crippen MR) is 61.4 cm³/mol. The highest BCUT2D eigenvalue weighted by molar-refractivity contribution is 5.77. The molecule has 1 aromatic rings. The highest BCUT2D eigenvalue weighted by atomic mass is 19.4. The van der Waals surface area contributed by atoms with E-state index in [1.165, 1.54) is 26.0 Å². The average Bonchev–Trinajstić information content (AvgIpc) is 2.26. The Kier molecular flexibility index (Phi) is 4.20. The van der Waals surface area contributed by atoms with Crippen LogP contribution in [-0.4, -0.2) is 12.1 Å². The van der Waals surface area contributed by atoms with Gasteiger partial charge in [0.15, 0.2) is 0 Å². The molecule has 1 aromatic carbocycles. The van der Waals surface area contributed by atoms with E-state index in [1.54, 1.807) is 0 Å². The maximum absolute atomic E-state index is 12.1. The van der Waals surface area contributed by atoms with Gasteiger partial charge in [-0.25, -0.2) is 0 Å². The minimum absolute atomic E-state index is 0.0705. The van der Waals surface area contributed by atoms with Crippen molar-refractivity contribution >= 4 is 5.78 Å². The lowest BCUT2D eigenvalue weighted by molar-refractivity contribution is -0.274. The summed E-state index contributed by atoms with van der Waals surface area (Å²) in [5, 5.41) is 9.15. The van der Waals surface area contributed by atoms with Crippen LogP contribution in [0.4, 0.5) is 13.2 Å². The normalized spacial score (nSPS) is 14.3. The first-order chi connectivity index (χ1) is 8.66. The number of carbonyl (C=O) groups excluding carboxylic acids is 1. The number of rotatable bonds is 4. The fourth-order valence-electron chi connectivity index (χ4n) is 1.74.